The number of halogens is 1. The Morgan fingerprint density at radius 3 is 2.72 bits per heavy atom. The molecule has 2 heterocycles. The van der Waals surface area contributed by atoms with Gasteiger partial charge in [-0.15, -0.1) is 0 Å². The number of alkyl carbamates (subject to hydrolysis) is 1. The Bertz CT molecular complexity index is 920. The zero-order valence-corrected chi connectivity index (χ0v) is 19.7. The van der Waals surface area contributed by atoms with E-state index in [4.69, 9.17) is 25.8 Å². The summed E-state index contributed by atoms with van der Waals surface area (Å²) in [5.74, 6) is -0.0598. The third-order valence-corrected chi connectivity index (χ3v) is 6.48. The van der Waals surface area contributed by atoms with Gasteiger partial charge in [-0.3, -0.25) is 5.32 Å². The molecular weight excluding hydrogens is 436 g/mol. The number of benzene rings is 1. The minimum absolute atomic E-state index is 0.0213. The van der Waals surface area contributed by atoms with E-state index in [2.05, 4.69) is 5.32 Å². The highest BCUT2D eigenvalue weighted by Crippen LogP contribution is 2.39. The SMILES string of the molecule is COc1cc2cc(c1Cl)N(C)C(O)[C@H](C)[C@@H]1C[C@@](O)(NC(=O)O1)[C@H](OC)/C=C/C=C(\C)C2. The maximum Gasteiger partial charge on any atom is 0.409 e. The van der Waals surface area contributed by atoms with E-state index in [0.29, 0.717) is 22.9 Å². The van der Waals surface area contributed by atoms with Crippen molar-refractivity contribution in [2.75, 3.05) is 26.2 Å². The second-order valence-corrected chi connectivity index (χ2v) is 8.82. The van der Waals surface area contributed by atoms with Gasteiger partial charge in [0.05, 0.1) is 12.8 Å². The fourth-order valence-corrected chi connectivity index (χ4v) is 4.51. The standard InChI is InChI=1S/C23H31ClN2O6/c1-13-7-6-8-19(31-5)23(29)12-18(32-22(28)25-23)14(2)21(27)26(3)16-10-15(9-13)11-17(30-4)20(16)24/h6-8,10-11,14,18-19,21,27,29H,9,12H2,1-5H3,(H,25,28)/b8-6+,13-7+/t14-,18+,19-,21?,23+/m1/s1. The molecule has 0 spiro atoms. The molecular formula is C23H31ClN2O6. The van der Waals surface area contributed by atoms with E-state index < -0.39 is 36.2 Å². The molecule has 5 atom stereocenters. The van der Waals surface area contributed by atoms with Crippen molar-refractivity contribution in [1.29, 1.82) is 0 Å². The largest absolute Gasteiger partial charge is 0.495 e. The van der Waals surface area contributed by atoms with Gasteiger partial charge in [-0.05, 0) is 31.0 Å². The third-order valence-electron chi connectivity index (χ3n) is 6.10. The predicted octanol–water partition coefficient (Wildman–Crippen LogP) is 3.00. The number of methoxy groups -OCH3 is 2. The number of carbonyl (C=O) groups is 1. The van der Waals surface area contributed by atoms with Gasteiger partial charge in [-0.2, -0.15) is 0 Å². The molecule has 2 aliphatic heterocycles. The predicted molar refractivity (Wildman–Crippen MR) is 122 cm³/mol. The number of ether oxygens (including phenoxy) is 3. The lowest BCUT2D eigenvalue weighted by molar-refractivity contribution is -0.147. The van der Waals surface area contributed by atoms with Crippen molar-refractivity contribution in [2.45, 2.75) is 50.8 Å². The summed E-state index contributed by atoms with van der Waals surface area (Å²) in [6.07, 6.45) is 2.60. The second-order valence-electron chi connectivity index (χ2n) is 8.44. The molecule has 1 saturated heterocycles. The molecule has 0 aliphatic carbocycles. The number of anilines is 1. The lowest BCUT2D eigenvalue weighted by Gasteiger charge is -2.43. The van der Waals surface area contributed by atoms with E-state index in [9.17, 15) is 15.0 Å². The topological polar surface area (TPSA) is 100 Å². The summed E-state index contributed by atoms with van der Waals surface area (Å²) in [7, 11) is 4.71. The highest BCUT2D eigenvalue weighted by Gasteiger charge is 2.47. The number of carbonyl (C=O) groups excluding carboxylic acids is 1. The molecule has 1 aromatic carbocycles. The highest BCUT2D eigenvalue weighted by atomic mass is 35.5. The van der Waals surface area contributed by atoms with Crippen molar-refractivity contribution in [3.05, 3.63) is 46.5 Å². The first kappa shape index (κ1) is 24.4. The van der Waals surface area contributed by atoms with Crippen molar-refractivity contribution in [3.8, 4) is 5.75 Å². The quantitative estimate of drug-likeness (QED) is 0.616. The fraction of sp³-hybridized carbons (Fsp3) is 0.522. The Balaban J connectivity index is 2.12. The number of hydrogen-bond acceptors (Lipinski definition) is 7. The summed E-state index contributed by atoms with van der Waals surface area (Å²) < 4.78 is 16.4. The van der Waals surface area contributed by atoms with E-state index in [-0.39, 0.29) is 6.42 Å². The van der Waals surface area contributed by atoms with Crippen molar-refractivity contribution >= 4 is 23.4 Å². The summed E-state index contributed by atoms with van der Waals surface area (Å²) in [5.41, 5.74) is 0.888. The van der Waals surface area contributed by atoms with Crippen LogP contribution >= 0.6 is 11.6 Å². The smallest absolute Gasteiger partial charge is 0.409 e. The number of nitrogens with zero attached hydrogens (tertiary/aromatic N) is 1. The number of aliphatic hydroxyl groups excluding tert-OH is 1. The molecule has 32 heavy (non-hydrogen) atoms. The molecule has 1 aromatic rings. The van der Waals surface area contributed by atoms with Crippen molar-refractivity contribution in [3.63, 3.8) is 0 Å². The van der Waals surface area contributed by atoms with Gasteiger partial charge >= 0.3 is 6.09 Å². The number of aliphatic hydroxyl groups is 2. The maximum atomic E-state index is 12.3. The molecule has 0 aromatic heterocycles. The fourth-order valence-electron chi connectivity index (χ4n) is 4.19. The van der Waals surface area contributed by atoms with Gasteiger partial charge < -0.3 is 29.3 Å². The van der Waals surface area contributed by atoms with Crippen LogP contribution in [0.25, 0.3) is 0 Å². The van der Waals surface area contributed by atoms with Crippen molar-refractivity contribution < 1.29 is 29.2 Å². The van der Waals surface area contributed by atoms with Gasteiger partial charge in [-0.1, -0.05) is 42.3 Å². The van der Waals surface area contributed by atoms with E-state index >= 15 is 0 Å². The highest BCUT2D eigenvalue weighted by molar-refractivity contribution is 6.34. The summed E-state index contributed by atoms with van der Waals surface area (Å²) in [5, 5.41) is 25.2. The second kappa shape index (κ2) is 9.70. The molecule has 2 aliphatic rings. The molecule has 3 rings (SSSR count). The van der Waals surface area contributed by atoms with Gasteiger partial charge in [0, 0.05) is 26.5 Å². The molecule has 176 valence electrons. The third kappa shape index (κ3) is 4.88. The van der Waals surface area contributed by atoms with E-state index in [1.165, 1.54) is 7.11 Å². The Hall–Kier alpha value is -2.26. The zero-order valence-electron chi connectivity index (χ0n) is 19.0. The van der Waals surface area contributed by atoms with Gasteiger partial charge in [0.25, 0.3) is 0 Å². The lowest BCUT2D eigenvalue weighted by Crippen LogP contribution is -2.64. The van der Waals surface area contributed by atoms with E-state index in [0.717, 1.165) is 11.1 Å². The van der Waals surface area contributed by atoms with Gasteiger partial charge in [0.2, 0.25) is 0 Å². The Morgan fingerprint density at radius 2 is 2.06 bits per heavy atom. The lowest BCUT2D eigenvalue weighted by atomic mass is 9.89. The van der Waals surface area contributed by atoms with Crippen LogP contribution in [0.2, 0.25) is 5.02 Å². The number of amides is 1. The van der Waals surface area contributed by atoms with Gasteiger partial charge in [0.15, 0.2) is 5.72 Å². The average Bonchev–Trinajstić information content (AvgIpc) is 2.74. The molecule has 3 N–H and O–H groups in total. The van der Waals surface area contributed by atoms with Crippen LogP contribution < -0.4 is 15.0 Å². The molecule has 1 fully saturated rings. The van der Waals surface area contributed by atoms with Crippen LogP contribution in [0, 0.1) is 5.92 Å². The number of hydrogen-bond donors (Lipinski definition) is 3. The van der Waals surface area contributed by atoms with Crippen molar-refractivity contribution in [2.24, 2.45) is 5.92 Å². The zero-order chi connectivity index (χ0) is 23.6. The first-order valence-corrected chi connectivity index (χ1v) is 10.8. The van der Waals surface area contributed by atoms with E-state index in [1.54, 1.807) is 38.1 Å². The van der Waals surface area contributed by atoms with Gasteiger partial charge in [-0.25, -0.2) is 4.79 Å². The number of rotatable bonds is 2. The molecule has 0 radical (unpaired) electrons. The molecule has 0 saturated carbocycles. The summed E-state index contributed by atoms with van der Waals surface area (Å²) in [4.78, 5) is 13.9. The number of fused-ring (bicyclic) bond motifs is 4. The van der Waals surface area contributed by atoms with Crippen LogP contribution in [-0.4, -0.2) is 61.7 Å². The molecule has 8 nitrogen and oxygen atoms in total. The summed E-state index contributed by atoms with van der Waals surface area (Å²) in [6, 6.07) is 3.78. The minimum Gasteiger partial charge on any atom is -0.495 e. The molecule has 4 bridgehead atoms. The van der Waals surface area contributed by atoms with Crippen molar-refractivity contribution in [1.82, 2.24) is 5.32 Å². The molecule has 1 unspecified atom stereocenters. The van der Waals surface area contributed by atoms with Crippen LogP contribution in [0.1, 0.15) is 25.8 Å². The van der Waals surface area contributed by atoms with Crippen LogP contribution in [0.15, 0.2) is 35.9 Å². The van der Waals surface area contributed by atoms with Crippen LogP contribution in [-0.2, 0) is 15.9 Å². The summed E-state index contributed by atoms with van der Waals surface area (Å²) in [6.45, 7) is 3.73. The summed E-state index contributed by atoms with van der Waals surface area (Å²) >= 11 is 6.57. The number of allylic oxidation sites excluding steroid dienone is 3. The first-order chi connectivity index (χ1) is 15.1. The average molecular weight is 467 g/mol. The van der Waals surface area contributed by atoms with Crippen LogP contribution in [0.4, 0.5) is 10.5 Å². The normalized spacial score (nSPS) is 33.7. The first-order valence-electron chi connectivity index (χ1n) is 10.4. The molecule has 1 amide bonds. The minimum atomic E-state index is -1.70. The van der Waals surface area contributed by atoms with Crippen LogP contribution in [0.5, 0.6) is 5.75 Å². The van der Waals surface area contributed by atoms with Crippen LogP contribution in [0.3, 0.4) is 0 Å². The Kier molecular flexibility index (Phi) is 7.39. The maximum absolute atomic E-state index is 12.3. The Morgan fingerprint density at radius 1 is 1.34 bits per heavy atom. The van der Waals surface area contributed by atoms with Gasteiger partial charge in [0.1, 0.15) is 29.2 Å². The number of nitrogens with one attached hydrogen (secondary N) is 1. The Labute approximate surface area is 193 Å². The van der Waals surface area contributed by atoms with E-state index in [1.807, 2.05) is 25.1 Å². The molecule has 9 heteroatoms. The monoisotopic (exact) mass is 466 g/mol.